The Bertz CT molecular complexity index is 348. The number of hydrogen-bond donors (Lipinski definition) is 2. The number of rotatable bonds is 5. The number of hydrogen-bond acceptors (Lipinski definition) is 5. The smallest absolute Gasteiger partial charge is 0.341 e. The van der Waals surface area contributed by atoms with Gasteiger partial charge in [0.25, 0.3) is 0 Å². The summed E-state index contributed by atoms with van der Waals surface area (Å²) in [6.45, 7) is 7.43. The molecule has 2 aliphatic rings. The van der Waals surface area contributed by atoms with E-state index in [-0.39, 0.29) is 5.92 Å². The molecular formula is C15H27NO4. The van der Waals surface area contributed by atoms with Crippen molar-refractivity contribution in [1.29, 1.82) is 0 Å². The minimum Gasteiger partial charge on any atom is -0.463 e. The molecule has 0 aromatic carbocycles. The predicted octanol–water partition coefficient (Wildman–Crippen LogP) is 0.782. The van der Waals surface area contributed by atoms with Gasteiger partial charge in [0.2, 0.25) is 0 Å². The third-order valence-electron chi connectivity index (χ3n) is 5.02. The van der Waals surface area contributed by atoms with Crippen molar-refractivity contribution in [2.45, 2.75) is 57.8 Å². The molecule has 2 saturated heterocycles. The lowest BCUT2D eigenvalue weighted by molar-refractivity contribution is -0.186. The van der Waals surface area contributed by atoms with Crippen LogP contribution < -0.4 is 0 Å². The zero-order chi connectivity index (χ0) is 14.9. The first-order chi connectivity index (χ1) is 9.37. The third kappa shape index (κ3) is 2.71. The largest absolute Gasteiger partial charge is 0.463 e. The first-order valence-corrected chi connectivity index (χ1v) is 7.69. The predicted molar refractivity (Wildman–Crippen MR) is 75.1 cm³/mol. The fourth-order valence-electron chi connectivity index (χ4n) is 3.57. The Balaban J connectivity index is 1.91. The van der Waals surface area contributed by atoms with E-state index in [9.17, 15) is 15.0 Å². The van der Waals surface area contributed by atoms with Crippen LogP contribution in [-0.2, 0) is 9.53 Å². The third-order valence-corrected chi connectivity index (χ3v) is 5.02. The maximum Gasteiger partial charge on any atom is 0.341 e. The van der Waals surface area contributed by atoms with Crippen LogP contribution in [0.3, 0.4) is 0 Å². The molecule has 0 radical (unpaired) electrons. The van der Waals surface area contributed by atoms with E-state index in [4.69, 9.17) is 4.74 Å². The van der Waals surface area contributed by atoms with Gasteiger partial charge in [0.1, 0.15) is 0 Å². The molecule has 0 spiro atoms. The zero-order valence-corrected chi connectivity index (χ0v) is 12.7. The van der Waals surface area contributed by atoms with Crippen LogP contribution in [0.4, 0.5) is 0 Å². The van der Waals surface area contributed by atoms with Gasteiger partial charge in [-0.25, -0.2) is 4.79 Å². The topological polar surface area (TPSA) is 70.0 Å². The van der Waals surface area contributed by atoms with Gasteiger partial charge in [-0.05, 0) is 45.2 Å². The Morgan fingerprint density at radius 3 is 2.65 bits per heavy atom. The number of ether oxygens (including phenoxy) is 1. The SMILES string of the molecule is CC(C)[C@](O)(C(=O)OC[C@H]1CCN2CCC[C@H]12)[C@H](C)O. The highest BCUT2D eigenvalue weighted by molar-refractivity contribution is 5.80. The molecule has 0 saturated carbocycles. The number of carbonyl (C=O) groups is 1. The lowest BCUT2D eigenvalue weighted by Crippen LogP contribution is -2.53. The summed E-state index contributed by atoms with van der Waals surface area (Å²) in [5.41, 5.74) is -1.81. The summed E-state index contributed by atoms with van der Waals surface area (Å²) in [6, 6.07) is 0.529. The molecule has 2 fully saturated rings. The van der Waals surface area contributed by atoms with E-state index >= 15 is 0 Å². The van der Waals surface area contributed by atoms with Gasteiger partial charge in [-0.3, -0.25) is 4.90 Å². The van der Waals surface area contributed by atoms with Crippen LogP contribution >= 0.6 is 0 Å². The molecule has 0 amide bonds. The quantitative estimate of drug-likeness (QED) is 0.731. The molecule has 2 rings (SSSR count). The molecule has 5 heteroatoms. The summed E-state index contributed by atoms with van der Waals surface area (Å²) in [5.74, 6) is -0.715. The van der Waals surface area contributed by atoms with Crippen molar-refractivity contribution in [1.82, 2.24) is 4.90 Å². The Labute approximate surface area is 120 Å². The average Bonchev–Trinajstić information content (AvgIpc) is 2.97. The summed E-state index contributed by atoms with van der Waals surface area (Å²) in [5, 5.41) is 20.1. The lowest BCUT2D eigenvalue weighted by atomic mass is 9.85. The molecule has 2 aliphatic heterocycles. The highest BCUT2D eigenvalue weighted by Gasteiger charge is 2.46. The van der Waals surface area contributed by atoms with E-state index in [2.05, 4.69) is 4.90 Å². The summed E-state index contributed by atoms with van der Waals surface area (Å²) < 4.78 is 5.35. The Morgan fingerprint density at radius 1 is 1.35 bits per heavy atom. The second-order valence-electron chi connectivity index (χ2n) is 6.55. The molecule has 0 aromatic rings. The molecule has 5 nitrogen and oxygen atoms in total. The fraction of sp³-hybridized carbons (Fsp3) is 0.933. The Morgan fingerprint density at radius 2 is 2.05 bits per heavy atom. The van der Waals surface area contributed by atoms with Crippen LogP contribution in [0.1, 0.15) is 40.0 Å². The number of aliphatic hydroxyl groups is 2. The highest BCUT2D eigenvalue weighted by Crippen LogP contribution is 2.33. The standard InChI is InChI=1S/C15H27NO4/c1-10(2)15(19,11(3)17)14(18)20-9-12-6-8-16-7-4-5-13(12)16/h10-13,17,19H,4-9H2,1-3H3/t11-,12+,13+,15+/m0/s1. The molecule has 20 heavy (non-hydrogen) atoms. The van der Waals surface area contributed by atoms with Crippen molar-refractivity contribution in [2.24, 2.45) is 11.8 Å². The molecule has 4 atom stereocenters. The Hall–Kier alpha value is -0.650. The number of esters is 1. The van der Waals surface area contributed by atoms with Gasteiger partial charge >= 0.3 is 5.97 Å². The monoisotopic (exact) mass is 285 g/mol. The fourth-order valence-corrected chi connectivity index (χ4v) is 3.57. The first-order valence-electron chi connectivity index (χ1n) is 7.69. The highest BCUT2D eigenvalue weighted by atomic mass is 16.6. The van der Waals surface area contributed by atoms with Crippen LogP contribution in [0.25, 0.3) is 0 Å². The van der Waals surface area contributed by atoms with Crippen molar-refractivity contribution < 1.29 is 19.7 Å². The summed E-state index contributed by atoms with van der Waals surface area (Å²) in [7, 11) is 0. The van der Waals surface area contributed by atoms with Crippen molar-refractivity contribution in [3.63, 3.8) is 0 Å². The van der Waals surface area contributed by atoms with Crippen molar-refractivity contribution in [3.05, 3.63) is 0 Å². The number of aliphatic hydroxyl groups excluding tert-OH is 1. The van der Waals surface area contributed by atoms with Crippen LogP contribution in [0, 0.1) is 11.8 Å². The summed E-state index contributed by atoms with van der Waals surface area (Å²) in [4.78, 5) is 14.6. The summed E-state index contributed by atoms with van der Waals surface area (Å²) in [6.07, 6.45) is 2.31. The van der Waals surface area contributed by atoms with Crippen molar-refractivity contribution >= 4 is 5.97 Å². The normalized spacial score (nSPS) is 31.1. The molecule has 0 aliphatic carbocycles. The average molecular weight is 285 g/mol. The zero-order valence-electron chi connectivity index (χ0n) is 12.7. The van der Waals surface area contributed by atoms with E-state index in [1.54, 1.807) is 13.8 Å². The maximum atomic E-state index is 12.2. The molecule has 116 valence electrons. The molecule has 2 heterocycles. The minimum absolute atomic E-state index is 0.349. The van der Waals surface area contributed by atoms with Gasteiger partial charge in [-0.15, -0.1) is 0 Å². The Kier molecular flexibility index (Phi) is 4.72. The second-order valence-corrected chi connectivity index (χ2v) is 6.55. The van der Waals surface area contributed by atoms with Gasteiger partial charge in [-0.2, -0.15) is 0 Å². The lowest BCUT2D eigenvalue weighted by Gasteiger charge is -2.33. The maximum absolute atomic E-state index is 12.2. The van der Waals surface area contributed by atoms with Crippen molar-refractivity contribution in [2.75, 3.05) is 19.7 Å². The van der Waals surface area contributed by atoms with Gasteiger partial charge in [0.05, 0.1) is 12.7 Å². The molecule has 0 bridgehead atoms. The molecular weight excluding hydrogens is 258 g/mol. The summed E-state index contributed by atoms with van der Waals surface area (Å²) >= 11 is 0. The van der Waals surface area contributed by atoms with Crippen molar-refractivity contribution in [3.8, 4) is 0 Å². The number of carbonyl (C=O) groups excluding carboxylic acids is 1. The van der Waals surface area contributed by atoms with Crippen LogP contribution in [0.15, 0.2) is 0 Å². The number of nitrogens with zero attached hydrogens (tertiary/aromatic N) is 1. The van der Waals surface area contributed by atoms with E-state index in [1.807, 2.05) is 0 Å². The van der Waals surface area contributed by atoms with Crippen LogP contribution in [-0.4, -0.2) is 58.5 Å². The second kappa shape index (κ2) is 6.00. The van der Waals surface area contributed by atoms with Gasteiger partial charge in [0, 0.05) is 12.0 Å². The molecule has 0 unspecified atom stereocenters. The van der Waals surface area contributed by atoms with Gasteiger partial charge in [0.15, 0.2) is 5.60 Å². The van der Waals surface area contributed by atoms with Gasteiger partial charge in [-0.1, -0.05) is 13.8 Å². The van der Waals surface area contributed by atoms with Crippen LogP contribution in [0.2, 0.25) is 0 Å². The van der Waals surface area contributed by atoms with E-state index in [1.165, 1.54) is 19.8 Å². The van der Waals surface area contributed by atoms with Gasteiger partial charge < -0.3 is 14.9 Å². The van der Waals surface area contributed by atoms with E-state index < -0.39 is 17.7 Å². The molecule has 2 N–H and O–H groups in total. The minimum atomic E-state index is -1.81. The first kappa shape index (κ1) is 15.7. The molecule has 0 aromatic heterocycles. The van der Waals surface area contributed by atoms with E-state index in [0.29, 0.717) is 18.6 Å². The number of fused-ring (bicyclic) bond motifs is 1. The van der Waals surface area contributed by atoms with Crippen LogP contribution in [0.5, 0.6) is 0 Å². The van der Waals surface area contributed by atoms with E-state index in [0.717, 1.165) is 19.5 Å².